The Hall–Kier alpha value is -0.350. The largest absolute Gasteiger partial charge is 0.222 e. The van der Waals surface area contributed by atoms with Crippen LogP contribution in [0.15, 0.2) is 35.2 Å². The van der Waals surface area contributed by atoms with E-state index in [9.17, 15) is 8.42 Å². The van der Waals surface area contributed by atoms with Crippen LogP contribution < -0.4 is 0 Å². The fourth-order valence-corrected chi connectivity index (χ4v) is 2.52. The van der Waals surface area contributed by atoms with Crippen LogP contribution in [0.4, 0.5) is 0 Å². The molecule has 0 aliphatic carbocycles. The van der Waals surface area contributed by atoms with Gasteiger partial charge in [0.25, 0.3) is 0 Å². The van der Waals surface area contributed by atoms with Gasteiger partial charge in [0.2, 0.25) is 0 Å². The summed E-state index contributed by atoms with van der Waals surface area (Å²) in [4.78, 5) is 0.344. The van der Waals surface area contributed by atoms with Crippen molar-refractivity contribution in [3.8, 4) is 0 Å². The zero-order valence-corrected chi connectivity index (χ0v) is 9.89. The summed E-state index contributed by atoms with van der Waals surface area (Å²) in [6.07, 6.45) is 0. The van der Waals surface area contributed by atoms with E-state index in [-0.39, 0.29) is 0 Å². The molecule has 0 N–H and O–H groups in total. The molecular formula is C9H11BrO2S. The zero-order valence-electron chi connectivity index (χ0n) is 7.49. The van der Waals surface area contributed by atoms with Crippen LogP contribution in [0.5, 0.6) is 0 Å². The summed E-state index contributed by atoms with van der Waals surface area (Å²) < 4.78 is 22.7. The Labute approximate surface area is 87.0 Å². The second-order valence-electron chi connectivity index (χ2n) is 3.18. The van der Waals surface area contributed by atoms with Gasteiger partial charge in [-0.1, -0.05) is 34.1 Å². The third-order valence-electron chi connectivity index (χ3n) is 1.69. The van der Waals surface area contributed by atoms with Gasteiger partial charge in [-0.25, -0.2) is 8.42 Å². The first kappa shape index (κ1) is 10.7. The van der Waals surface area contributed by atoms with E-state index in [1.807, 2.05) is 0 Å². The summed E-state index contributed by atoms with van der Waals surface area (Å²) >= 11 is 3.15. The predicted octanol–water partition coefficient (Wildman–Crippen LogP) is 2.59. The molecule has 2 nitrogen and oxygen atoms in total. The number of rotatable bonds is 2. The Balaban J connectivity index is 3.26. The first-order valence-corrected chi connectivity index (χ1v) is 6.12. The Morgan fingerprint density at radius 2 is 1.62 bits per heavy atom. The van der Waals surface area contributed by atoms with Gasteiger partial charge in [-0.2, -0.15) is 0 Å². The van der Waals surface area contributed by atoms with E-state index in [0.717, 1.165) is 0 Å². The summed E-state index contributed by atoms with van der Waals surface area (Å²) in [6.45, 7) is 3.24. The van der Waals surface area contributed by atoms with Gasteiger partial charge in [-0.3, -0.25) is 0 Å². The molecular weight excluding hydrogens is 252 g/mol. The summed E-state index contributed by atoms with van der Waals surface area (Å²) in [5.41, 5.74) is 0. The third-order valence-corrected chi connectivity index (χ3v) is 5.14. The van der Waals surface area contributed by atoms with Crippen LogP contribution in [0.3, 0.4) is 0 Å². The lowest BCUT2D eigenvalue weighted by atomic mass is 10.4. The average molecular weight is 263 g/mol. The van der Waals surface area contributed by atoms with Crippen LogP contribution in [-0.2, 0) is 9.84 Å². The highest BCUT2D eigenvalue weighted by Crippen LogP contribution is 2.30. The van der Waals surface area contributed by atoms with Gasteiger partial charge in [0.1, 0.15) is 3.66 Å². The van der Waals surface area contributed by atoms with Crippen molar-refractivity contribution < 1.29 is 8.42 Å². The summed E-state index contributed by atoms with van der Waals surface area (Å²) in [6, 6.07) is 8.41. The molecule has 0 heterocycles. The normalized spacial score (nSPS) is 12.8. The monoisotopic (exact) mass is 262 g/mol. The fourth-order valence-electron chi connectivity index (χ4n) is 0.880. The van der Waals surface area contributed by atoms with E-state index in [1.165, 1.54) is 0 Å². The molecule has 0 bridgehead atoms. The molecule has 0 radical (unpaired) electrons. The van der Waals surface area contributed by atoms with Crippen LogP contribution in [0.1, 0.15) is 13.8 Å². The number of benzene rings is 1. The van der Waals surface area contributed by atoms with E-state index in [0.29, 0.717) is 4.90 Å². The molecule has 0 unspecified atom stereocenters. The van der Waals surface area contributed by atoms with Gasteiger partial charge in [-0.05, 0) is 26.0 Å². The third kappa shape index (κ3) is 2.11. The SMILES string of the molecule is CC(C)(Br)S(=O)(=O)c1ccccc1. The minimum atomic E-state index is -3.26. The van der Waals surface area contributed by atoms with Crippen molar-refractivity contribution in [2.45, 2.75) is 22.4 Å². The fraction of sp³-hybridized carbons (Fsp3) is 0.333. The van der Waals surface area contributed by atoms with Crippen LogP contribution in [0.2, 0.25) is 0 Å². The molecule has 0 saturated carbocycles. The maximum Gasteiger partial charge on any atom is 0.193 e. The zero-order chi connectivity index (χ0) is 10.1. The molecule has 0 aromatic heterocycles. The van der Waals surface area contributed by atoms with Gasteiger partial charge >= 0.3 is 0 Å². The highest BCUT2D eigenvalue weighted by molar-refractivity contribution is 9.11. The number of halogens is 1. The van der Waals surface area contributed by atoms with E-state index in [2.05, 4.69) is 15.9 Å². The van der Waals surface area contributed by atoms with E-state index >= 15 is 0 Å². The Morgan fingerprint density at radius 1 is 1.15 bits per heavy atom. The Bertz CT molecular complexity index is 376. The molecule has 1 rings (SSSR count). The topological polar surface area (TPSA) is 34.1 Å². The molecule has 0 aliphatic rings. The van der Waals surface area contributed by atoms with E-state index < -0.39 is 13.5 Å². The molecule has 0 fully saturated rings. The molecule has 72 valence electrons. The quantitative estimate of drug-likeness (QED) is 0.768. The average Bonchev–Trinajstić information content (AvgIpc) is 2.04. The summed E-state index contributed by atoms with van der Waals surface area (Å²) in [5.74, 6) is 0. The molecule has 0 aliphatic heterocycles. The number of sulfone groups is 1. The molecule has 13 heavy (non-hydrogen) atoms. The lowest BCUT2D eigenvalue weighted by Crippen LogP contribution is -2.24. The van der Waals surface area contributed by atoms with Gasteiger partial charge in [0.05, 0.1) is 4.90 Å². The van der Waals surface area contributed by atoms with E-state index in [4.69, 9.17) is 0 Å². The van der Waals surface area contributed by atoms with Gasteiger partial charge in [0.15, 0.2) is 9.84 Å². The molecule has 0 spiro atoms. The smallest absolute Gasteiger partial charge is 0.193 e. The standard InChI is InChI=1S/C9H11BrO2S/c1-9(2,10)13(11,12)8-6-4-3-5-7-8/h3-7H,1-2H3. The van der Waals surface area contributed by atoms with Crippen LogP contribution in [-0.4, -0.2) is 12.1 Å². The highest BCUT2D eigenvalue weighted by Gasteiger charge is 2.32. The maximum atomic E-state index is 11.8. The first-order valence-electron chi connectivity index (χ1n) is 3.84. The van der Waals surface area contributed by atoms with Gasteiger partial charge < -0.3 is 0 Å². The predicted molar refractivity (Wildman–Crippen MR) is 56.6 cm³/mol. The summed E-state index contributed by atoms with van der Waals surface area (Å²) in [5, 5.41) is 0. The molecule has 0 amide bonds. The van der Waals surface area contributed by atoms with E-state index in [1.54, 1.807) is 44.2 Å². The Morgan fingerprint density at radius 3 is 2.00 bits per heavy atom. The highest BCUT2D eigenvalue weighted by atomic mass is 79.9. The second-order valence-corrected chi connectivity index (χ2v) is 8.19. The van der Waals surface area contributed by atoms with Gasteiger partial charge in [-0.15, -0.1) is 0 Å². The minimum absolute atomic E-state index is 0.344. The van der Waals surface area contributed by atoms with Crippen LogP contribution >= 0.6 is 15.9 Å². The maximum absolute atomic E-state index is 11.8. The van der Waals surface area contributed by atoms with Crippen molar-refractivity contribution in [3.05, 3.63) is 30.3 Å². The lowest BCUT2D eigenvalue weighted by molar-refractivity contribution is 0.583. The molecule has 0 saturated heterocycles. The summed E-state index contributed by atoms with van der Waals surface area (Å²) in [7, 11) is -3.26. The van der Waals surface area contributed by atoms with Crippen molar-refractivity contribution in [1.29, 1.82) is 0 Å². The number of alkyl halides is 1. The Kier molecular flexibility index (Phi) is 2.82. The lowest BCUT2D eigenvalue weighted by Gasteiger charge is -2.16. The van der Waals surface area contributed by atoms with Crippen molar-refractivity contribution in [2.75, 3.05) is 0 Å². The molecule has 4 heteroatoms. The number of hydrogen-bond acceptors (Lipinski definition) is 2. The van der Waals surface area contributed by atoms with Crippen molar-refractivity contribution in [3.63, 3.8) is 0 Å². The number of hydrogen-bond donors (Lipinski definition) is 0. The van der Waals surface area contributed by atoms with Crippen molar-refractivity contribution in [1.82, 2.24) is 0 Å². The first-order chi connectivity index (χ1) is 5.86. The molecule has 1 aromatic rings. The van der Waals surface area contributed by atoms with Gasteiger partial charge in [0, 0.05) is 0 Å². The second kappa shape index (κ2) is 3.42. The minimum Gasteiger partial charge on any atom is -0.222 e. The van der Waals surface area contributed by atoms with Crippen LogP contribution in [0, 0.1) is 0 Å². The molecule has 1 aromatic carbocycles. The van der Waals surface area contributed by atoms with Crippen molar-refractivity contribution >= 4 is 25.8 Å². The van der Waals surface area contributed by atoms with Crippen molar-refractivity contribution in [2.24, 2.45) is 0 Å². The molecule has 0 atom stereocenters. The van der Waals surface area contributed by atoms with Crippen LogP contribution in [0.25, 0.3) is 0 Å².